The molecule has 1 fully saturated rings. The maximum absolute atomic E-state index is 14.4. The molecule has 1 aliphatic heterocycles. The van der Waals surface area contributed by atoms with Crippen LogP contribution in [0.4, 0.5) is 8.78 Å². The highest BCUT2D eigenvalue weighted by Gasteiger charge is 2.48. The van der Waals surface area contributed by atoms with Crippen LogP contribution in [0.15, 0.2) is 35.6 Å². The summed E-state index contributed by atoms with van der Waals surface area (Å²) in [6, 6.07) is 6.00. The molecule has 2 aromatic rings. The van der Waals surface area contributed by atoms with Gasteiger partial charge in [0.05, 0.1) is 17.3 Å². The zero-order chi connectivity index (χ0) is 18.3. The molecular formula is C18H13F2N5S. The molecule has 1 saturated carbocycles. The molecule has 3 unspecified atom stereocenters. The Bertz CT molecular complexity index is 965. The van der Waals surface area contributed by atoms with E-state index >= 15 is 0 Å². The highest BCUT2D eigenvalue weighted by molar-refractivity contribution is 8.14. The van der Waals surface area contributed by atoms with Crippen LogP contribution in [0.25, 0.3) is 11.9 Å². The molecule has 3 heterocycles. The van der Waals surface area contributed by atoms with Gasteiger partial charge >= 0.3 is 0 Å². The van der Waals surface area contributed by atoms with Crippen molar-refractivity contribution in [3.05, 3.63) is 58.9 Å². The van der Waals surface area contributed by atoms with Gasteiger partial charge in [-0.1, -0.05) is 11.8 Å². The predicted octanol–water partition coefficient (Wildman–Crippen LogP) is 3.45. The minimum atomic E-state index is -0.613. The number of thioether (sulfide) groups is 1. The molecule has 2 aliphatic rings. The summed E-state index contributed by atoms with van der Waals surface area (Å²) in [6.45, 7) is 0. The second-order valence-corrected chi connectivity index (χ2v) is 7.41. The zero-order valence-corrected chi connectivity index (χ0v) is 14.3. The number of fused-ring (bicyclic) bond motifs is 1. The Balaban J connectivity index is 1.65. The van der Waals surface area contributed by atoms with Crippen molar-refractivity contribution in [3.8, 4) is 6.07 Å². The third-order valence-corrected chi connectivity index (χ3v) is 5.55. The molecule has 26 heavy (non-hydrogen) atoms. The third-order valence-electron chi connectivity index (χ3n) is 4.36. The van der Waals surface area contributed by atoms with Crippen LogP contribution in [0, 0.1) is 23.2 Å². The average Bonchev–Trinajstić information content (AvgIpc) is 3.42. The average molecular weight is 369 g/mol. The highest BCUT2D eigenvalue weighted by Crippen LogP contribution is 2.54. The zero-order valence-electron chi connectivity index (χ0n) is 13.4. The smallest absolute Gasteiger partial charge is 0.218 e. The molecule has 8 heteroatoms. The van der Waals surface area contributed by atoms with Crippen LogP contribution in [0.5, 0.6) is 0 Å². The number of pyridine rings is 2. The number of hydrogen-bond donors (Lipinski definition) is 1. The van der Waals surface area contributed by atoms with Gasteiger partial charge in [0.15, 0.2) is 5.17 Å². The summed E-state index contributed by atoms with van der Waals surface area (Å²) in [5, 5.41) is 9.58. The number of halogens is 2. The first-order chi connectivity index (χ1) is 12.5. The topological polar surface area (TPSA) is 88.0 Å². The fraction of sp³-hybridized carbons (Fsp3) is 0.222. The van der Waals surface area contributed by atoms with E-state index in [0.717, 1.165) is 6.42 Å². The van der Waals surface area contributed by atoms with E-state index in [4.69, 9.17) is 11.0 Å². The summed E-state index contributed by atoms with van der Waals surface area (Å²) in [4.78, 5) is 12.0. The number of hydrogen-bond acceptors (Lipinski definition) is 6. The van der Waals surface area contributed by atoms with E-state index < -0.39 is 11.8 Å². The second kappa shape index (κ2) is 6.50. The number of aromatic nitrogens is 2. The van der Waals surface area contributed by atoms with E-state index in [2.05, 4.69) is 15.0 Å². The molecular weight excluding hydrogens is 356 g/mol. The van der Waals surface area contributed by atoms with Gasteiger partial charge in [0.2, 0.25) is 5.95 Å². The molecule has 2 aromatic heterocycles. The Labute approximate surface area is 152 Å². The summed E-state index contributed by atoms with van der Waals surface area (Å²) in [6.07, 6.45) is 4.72. The molecule has 0 radical (unpaired) electrons. The van der Waals surface area contributed by atoms with Gasteiger partial charge in [-0.3, -0.25) is 9.98 Å². The monoisotopic (exact) mass is 369 g/mol. The summed E-state index contributed by atoms with van der Waals surface area (Å²) in [7, 11) is 0. The van der Waals surface area contributed by atoms with Crippen molar-refractivity contribution >= 4 is 28.8 Å². The van der Waals surface area contributed by atoms with E-state index in [-0.39, 0.29) is 17.7 Å². The number of aliphatic imine (C=N–C) groups is 1. The highest BCUT2D eigenvalue weighted by atomic mass is 32.2. The molecule has 1 aliphatic carbocycles. The van der Waals surface area contributed by atoms with E-state index in [1.807, 2.05) is 6.07 Å². The first-order valence-corrected chi connectivity index (χ1v) is 8.82. The lowest BCUT2D eigenvalue weighted by Gasteiger charge is -2.18. The van der Waals surface area contributed by atoms with Crippen molar-refractivity contribution in [3.63, 3.8) is 0 Å². The van der Waals surface area contributed by atoms with Gasteiger partial charge in [0.25, 0.3) is 0 Å². The quantitative estimate of drug-likeness (QED) is 0.837. The van der Waals surface area contributed by atoms with Crippen LogP contribution in [0.1, 0.15) is 34.8 Å². The SMILES string of the molecule is N#Cc1ccc(/C(F)=C/c2cnc(F)c(C3N=C(N)SC4CC43)c2)nc1. The molecule has 130 valence electrons. The molecule has 0 saturated heterocycles. The van der Waals surface area contributed by atoms with Crippen molar-refractivity contribution < 1.29 is 8.78 Å². The Morgan fingerprint density at radius 1 is 1.35 bits per heavy atom. The lowest BCUT2D eigenvalue weighted by atomic mass is 10.0. The van der Waals surface area contributed by atoms with Gasteiger partial charge in [0, 0.05) is 23.2 Å². The van der Waals surface area contributed by atoms with Crippen LogP contribution in [-0.4, -0.2) is 20.4 Å². The molecule has 0 bridgehead atoms. The van der Waals surface area contributed by atoms with Gasteiger partial charge < -0.3 is 5.73 Å². The Morgan fingerprint density at radius 3 is 2.92 bits per heavy atom. The number of nitrogens with two attached hydrogens (primary N) is 1. The number of nitriles is 1. The van der Waals surface area contributed by atoms with Gasteiger partial charge in [-0.25, -0.2) is 9.37 Å². The molecule has 0 spiro atoms. The molecule has 0 amide bonds. The first kappa shape index (κ1) is 16.7. The second-order valence-electron chi connectivity index (χ2n) is 6.15. The van der Waals surface area contributed by atoms with Gasteiger partial charge in [-0.2, -0.15) is 9.65 Å². The number of amidine groups is 1. The van der Waals surface area contributed by atoms with Crippen molar-refractivity contribution in [2.45, 2.75) is 17.7 Å². The Morgan fingerprint density at radius 2 is 2.19 bits per heavy atom. The normalized spacial score (nSPS) is 24.4. The van der Waals surface area contributed by atoms with Gasteiger partial charge in [-0.05, 0) is 42.2 Å². The molecule has 4 rings (SSSR count). The maximum atomic E-state index is 14.4. The minimum absolute atomic E-state index is 0.0912. The minimum Gasteiger partial charge on any atom is -0.379 e. The maximum Gasteiger partial charge on any atom is 0.218 e. The molecule has 5 nitrogen and oxygen atoms in total. The van der Waals surface area contributed by atoms with Crippen LogP contribution < -0.4 is 5.73 Å². The molecule has 2 N–H and O–H groups in total. The largest absolute Gasteiger partial charge is 0.379 e. The summed E-state index contributed by atoms with van der Waals surface area (Å²) < 4.78 is 28.7. The van der Waals surface area contributed by atoms with Crippen molar-refractivity contribution in [2.75, 3.05) is 0 Å². The standard InChI is InChI=1S/C18H13F2N5S/c19-13(14-2-1-9(6-21)7-23-14)4-10-3-12(17(20)24-8-10)16-11-5-15(11)26-18(22)25-16/h1-4,7-8,11,15-16H,5H2,(H2,22,25)/b13-4-. The van der Waals surface area contributed by atoms with Crippen LogP contribution >= 0.6 is 11.8 Å². The van der Waals surface area contributed by atoms with E-state index in [1.165, 1.54) is 42.4 Å². The fourth-order valence-corrected chi connectivity index (χ4v) is 4.09. The molecule has 0 aromatic carbocycles. The van der Waals surface area contributed by atoms with Crippen molar-refractivity contribution in [2.24, 2.45) is 16.6 Å². The summed E-state index contributed by atoms with van der Waals surface area (Å²) in [5.41, 5.74) is 6.99. The lowest BCUT2D eigenvalue weighted by Crippen LogP contribution is -2.18. The van der Waals surface area contributed by atoms with E-state index in [9.17, 15) is 8.78 Å². The van der Waals surface area contributed by atoms with Crippen molar-refractivity contribution in [1.82, 2.24) is 9.97 Å². The summed E-state index contributed by atoms with van der Waals surface area (Å²) >= 11 is 1.52. The van der Waals surface area contributed by atoms with Crippen LogP contribution in [0.2, 0.25) is 0 Å². The van der Waals surface area contributed by atoms with Gasteiger partial charge in [0.1, 0.15) is 11.9 Å². The van der Waals surface area contributed by atoms with Crippen LogP contribution in [0.3, 0.4) is 0 Å². The number of rotatable bonds is 3. The fourth-order valence-electron chi connectivity index (χ4n) is 2.97. The predicted molar refractivity (Wildman–Crippen MR) is 96.0 cm³/mol. The Kier molecular flexibility index (Phi) is 4.17. The lowest BCUT2D eigenvalue weighted by molar-refractivity contribution is 0.525. The van der Waals surface area contributed by atoms with E-state index in [0.29, 0.717) is 27.1 Å². The Hall–Kier alpha value is -2.79. The number of nitrogens with zero attached hydrogens (tertiary/aromatic N) is 4. The summed E-state index contributed by atoms with van der Waals surface area (Å²) in [5.74, 6) is -0.966. The van der Waals surface area contributed by atoms with Crippen molar-refractivity contribution in [1.29, 1.82) is 5.26 Å². The third kappa shape index (κ3) is 3.18. The van der Waals surface area contributed by atoms with Crippen LogP contribution in [-0.2, 0) is 0 Å². The first-order valence-electron chi connectivity index (χ1n) is 7.94. The van der Waals surface area contributed by atoms with Gasteiger partial charge in [-0.15, -0.1) is 0 Å². The molecule has 3 atom stereocenters. The van der Waals surface area contributed by atoms with E-state index in [1.54, 1.807) is 6.07 Å².